The third kappa shape index (κ3) is 2.71. The van der Waals surface area contributed by atoms with Crippen molar-refractivity contribution in [2.75, 3.05) is 0 Å². The van der Waals surface area contributed by atoms with Gasteiger partial charge in [0.15, 0.2) is 0 Å². The van der Waals surface area contributed by atoms with Crippen molar-refractivity contribution in [3.63, 3.8) is 0 Å². The standard InChI is InChI=1S/C18H23FN2O/c19-16-3-1-2-12(7-16)11-20-17(22)21-18-8-13-4-14(9-18)6-15(5-13)10-18/h1-3,7,13-15H,4-6,8-11H2,(H2,20,21,22). The zero-order valence-electron chi connectivity index (χ0n) is 12.8. The highest BCUT2D eigenvalue weighted by Crippen LogP contribution is 2.55. The van der Waals surface area contributed by atoms with Gasteiger partial charge in [-0.3, -0.25) is 0 Å². The van der Waals surface area contributed by atoms with Crippen molar-refractivity contribution < 1.29 is 9.18 Å². The molecule has 1 aromatic rings. The molecule has 0 radical (unpaired) electrons. The molecule has 0 atom stereocenters. The number of rotatable bonds is 3. The van der Waals surface area contributed by atoms with Crippen LogP contribution >= 0.6 is 0 Å². The third-order valence-corrected chi connectivity index (χ3v) is 5.76. The van der Waals surface area contributed by atoms with Gasteiger partial charge >= 0.3 is 6.03 Å². The molecule has 4 aliphatic rings. The number of carbonyl (C=O) groups is 1. The largest absolute Gasteiger partial charge is 0.334 e. The minimum absolute atomic E-state index is 0.0285. The van der Waals surface area contributed by atoms with Gasteiger partial charge in [0.2, 0.25) is 0 Å². The summed E-state index contributed by atoms with van der Waals surface area (Å²) < 4.78 is 13.2. The fourth-order valence-electron chi connectivity index (χ4n) is 5.38. The molecule has 118 valence electrons. The van der Waals surface area contributed by atoms with Crippen LogP contribution in [0.2, 0.25) is 0 Å². The zero-order chi connectivity index (χ0) is 15.2. The maximum Gasteiger partial charge on any atom is 0.315 e. The minimum Gasteiger partial charge on any atom is -0.334 e. The van der Waals surface area contributed by atoms with E-state index in [-0.39, 0.29) is 17.4 Å². The molecule has 4 fully saturated rings. The number of hydrogen-bond donors (Lipinski definition) is 2. The average molecular weight is 302 g/mol. The van der Waals surface area contributed by atoms with Gasteiger partial charge in [-0.25, -0.2) is 9.18 Å². The molecule has 4 bridgehead atoms. The van der Waals surface area contributed by atoms with E-state index in [0.717, 1.165) is 42.6 Å². The summed E-state index contributed by atoms with van der Waals surface area (Å²) in [5, 5.41) is 6.15. The highest BCUT2D eigenvalue weighted by molar-refractivity contribution is 5.74. The normalized spacial score (nSPS) is 35.4. The van der Waals surface area contributed by atoms with Crippen LogP contribution in [0, 0.1) is 23.6 Å². The van der Waals surface area contributed by atoms with Crippen LogP contribution in [0.5, 0.6) is 0 Å². The van der Waals surface area contributed by atoms with Crippen LogP contribution in [0.3, 0.4) is 0 Å². The summed E-state index contributed by atoms with van der Waals surface area (Å²) in [6.07, 6.45) is 7.54. The van der Waals surface area contributed by atoms with E-state index < -0.39 is 0 Å². The minimum atomic E-state index is -0.263. The summed E-state index contributed by atoms with van der Waals surface area (Å²) >= 11 is 0. The summed E-state index contributed by atoms with van der Waals surface area (Å²) in [5.41, 5.74) is 0.821. The Morgan fingerprint density at radius 2 is 1.77 bits per heavy atom. The number of urea groups is 1. The first-order valence-corrected chi connectivity index (χ1v) is 8.41. The molecule has 4 saturated carbocycles. The van der Waals surface area contributed by atoms with E-state index in [9.17, 15) is 9.18 Å². The predicted octanol–water partition coefficient (Wildman–Crippen LogP) is 3.59. The van der Waals surface area contributed by atoms with E-state index in [1.165, 1.54) is 31.4 Å². The number of carbonyl (C=O) groups excluding carboxylic acids is 1. The highest BCUT2D eigenvalue weighted by Gasteiger charge is 2.51. The maximum absolute atomic E-state index is 13.2. The molecular formula is C18H23FN2O. The van der Waals surface area contributed by atoms with Crippen molar-refractivity contribution in [2.45, 2.75) is 50.6 Å². The van der Waals surface area contributed by atoms with Crippen LogP contribution in [0.25, 0.3) is 0 Å². The van der Waals surface area contributed by atoms with Gasteiger partial charge in [-0.2, -0.15) is 0 Å². The summed E-state index contributed by atoms with van der Waals surface area (Å²) in [4.78, 5) is 12.3. The molecule has 2 amide bonds. The van der Waals surface area contributed by atoms with Gasteiger partial charge in [-0.15, -0.1) is 0 Å². The van der Waals surface area contributed by atoms with E-state index in [1.54, 1.807) is 6.07 Å². The van der Waals surface area contributed by atoms with Gasteiger partial charge in [0.25, 0.3) is 0 Å². The monoisotopic (exact) mass is 302 g/mol. The van der Waals surface area contributed by atoms with Crippen LogP contribution in [0.1, 0.15) is 44.1 Å². The molecule has 0 heterocycles. The lowest BCUT2D eigenvalue weighted by Gasteiger charge is -2.56. The maximum atomic E-state index is 13.2. The van der Waals surface area contributed by atoms with Gasteiger partial charge in [0, 0.05) is 12.1 Å². The van der Waals surface area contributed by atoms with Crippen molar-refractivity contribution in [1.82, 2.24) is 10.6 Å². The Morgan fingerprint density at radius 1 is 1.14 bits per heavy atom. The molecule has 4 aliphatic carbocycles. The summed E-state index contributed by atoms with van der Waals surface area (Å²) in [7, 11) is 0. The van der Waals surface area contributed by atoms with Crippen LogP contribution in [0.4, 0.5) is 9.18 Å². The Labute approximate surface area is 130 Å². The van der Waals surface area contributed by atoms with Crippen LogP contribution < -0.4 is 10.6 Å². The first-order valence-electron chi connectivity index (χ1n) is 8.41. The fraction of sp³-hybridized carbons (Fsp3) is 0.611. The topological polar surface area (TPSA) is 41.1 Å². The zero-order valence-corrected chi connectivity index (χ0v) is 12.8. The molecule has 0 unspecified atom stereocenters. The lowest BCUT2D eigenvalue weighted by atomic mass is 9.53. The number of benzene rings is 1. The van der Waals surface area contributed by atoms with Gasteiger partial charge in [0.1, 0.15) is 5.82 Å². The van der Waals surface area contributed by atoms with Crippen LogP contribution in [0.15, 0.2) is 24.3 Å². The smallest absolute Gasteiger partial charge is 0.315 e. The number of halogens is 1. The summed E-state index contributed by atoms with van der Waals surface area (Å²) in [6, 6.07) is 6.27. The fourth-order valence-corrected chi connectivity index (χ4v) is 5.38. The van der Waals surface area contributed by atoms with Crippen LogP contribution in [-0.4, -0.2) is 11.6 Å². The van der Waals surface area contributed by atoms with E-state index in [4.69, 9.17) is 0 Å². The second-order valence-electron chi connectivity index (χ2n) is 7.64. The quantitative estimate of drug-likeness (QED) is 0.880. The number of hydrogen-bond acceptors (Lipinski definition) is 1. The Hall–Kier alpha value is -1.58. The molecule has 2 N–H and O–H groups in total. The molecule has 0 saturated heterocycles. The average Bonchev–Trinajstić information content (AvgIpc) is 2.43. The van der Waals surface area contributed by atoms with Crippen molar-refractivity contribution >= 4 is 6.03 Å². The molecule has 0 aliphatic heterocycles. The molecule has 22 heavy (non-hydrogen) atoms. The lowest BCUT2D eigenvalue weighted by molar-refractivity contribution is -0.0135. The summed E-state index contributed by atoms with van der Waals surface area (Å²) in [5.74, 6) is 2.18. The molecule has 0 spiro atoms. The Morgan fingerprint density at radius 3 is 2.36 bits per heavy atom. The second-order valence-corrected chi connectivity index (χ2v) is 7.64. The predicted molar refractivity (Wildman–Crippen MR) is 82.7 cm³/mol. The van der Waals surface area contributed by atoms with E-state index in [2.05, 4.69) is 10.6 Å². The number of nitrogens with one attached hydrogen (secondary N) is 2. The van der Waals surface area contributed by atoms with Gasteiger partial charge < -0.3 is 10.6 Å². The van der Waals surface area contributed by atoms with Gasteiger partial charge in [0.05, 0.1) is 0 Å². The SMILES string of the molecule is O=C(NCc1cccc(F)c1)NC12CC3CC(CC(C3)C1)C2. The molecule has 0 aromatic heterocycles. The van der Waals surface area contributed by atoms with Crippen molar-refractivity contribution in [1.29, 1.82) is 0 Å². The number of amides is 2. The van der Waals surface area contributed by atoms with Gasteiger partial charge in [-0.1, -0.05) is 12.1 Å². The van der Waals surface area contributed by atoms with Crippen molar-refractivity contribution in [3.8, 4) is 0 Å². The highest BCUT2D eigenvalue weighted by atomic mass is 19.1. The van der Waals surface area contributed by atoms with Crippen LogP contribution in [-0.2, 0) is 6.54 Å². The molecule has 5 rings (SSSR count). The molecule has 1 aromatic carbocycles. The van der Waals surface area contributed by atoms with Crippen molar-refractivity contribution in [3.05, 3.63) is 35.6 Å². The second kappa shape index (κ2) is 5.25. The lowest BCUT2D eigenvalue weighted by Crippen LogP contribution is -2.61. The van der Waals surface area contributed by atoms with E-state index in [0.29, 0.717) is 6.54 Å². The first kappa shape index (κ1) is 14.0. The van der Waals surface area contributed by atoms with E-state index >= 15 is 0 Å². The van der Waals surface area contributed by atoms with Crippen molar-refractivity contribution in [2.24, 2.45) is 17.8 Å². The van der Waals surface area contributed by atoms with E-state index in [1.807, 2.05) is 6.07 Å². The summed E-state index contributed by atoms with van der Waals surface area (Å²) in [6.45, 7) is 0.371. The third-order valence-electron chi connectivity index (χ3n) is 5.76. The first-order chi connectivity index (χ1) is 10.6. The molecule has 3 nitrogen and oxygen atoms in total. The van der Waals surface area contributed by atoms with Gasteiger partial charge in [-0.05, 0) is 74.0 Å². The Kier molecular flexibility index (Phi) is 3.35. The molecular weight excluding hydrogens is 279 g/mol. The Balaban J connectivity index is 1.36. The Bertz CT molecular complexity index is 551. The molecule has 4 heteroatoms.